The Morgan fingerprint density at radius 1 is 0.740 bits per heavy atom. The van der Waals surface area contributed by atoms with Crippen molar-refractivity contribution in [2.45, 2.75) is 0 Å². The van der Waals surface area contributed by atoms with Gasteiger partial charge in [-0.25, -0.2) is 4.79 Å². The van der Waals surface area contributed by atoms with Gasteiger partial charge in [0.2, 0.25) is 17.7 Å². The lowest BCUT2D eigenvalue weighted by Gasteiger charge is -2.14. The lowest BCUT2D eigenvalue weighted by Crippen LogP contribution is -2.45. The van der Waals surface area contributed by atoms with E-state index < -0.39 is 36.3 Å². The van der Waals surface area contributed by atoms with Crippen LogP contribution < -0.4 is 37.5 Å². The van der Waals surface area contributed by atoms with E-state index in [1.807, 2.05) is 12.5 Å². The van der Waals surface area contributed by atoms with Gasteiger partial charge in [0, 0.05) is 37.9 Å². The van der Waals surface area contributed by atoms with Crippen molar-refractivity contribution in [3.05, 3.63) is 11.9 Å². The van der Waals surface area contributed by atoms with Gasteiger partial charge in [0.15, 0.2) is 6.61 Å². The number of carbonyl (C=O) groups excluding carboxylic acids is 5. The summed E-state index contributed by atoms with van der Waals surface area (Å²) in [6, 6.07) is 0. The van der Waals surface area contributed by atoms with Gasteiger partial charge < -0.3 is 60.5 Å². The molecule has 0 saturated carbocycles. The molecule has 0 aliphatic carbocycles. The number of oxime groups is 1. The number of nitrogens with zero attached hydrogens (tertiary/aromatic N) is 2. The van der Waals surface area contributed by atoms with Gasteiger partial charge in [0.05, 0.1) is 83.8 Å². The fraction of sp³-hybridized carbons (Fsp3) is 0.714. The topological polar surface area (TPSA) is 241 Å². The zero-order chi connectivity index (χ0) is 36.7. The molecule has 286 valence electrons. The Balaban J connectivity index is 2.03. The van der Waals surface area contributed by atoms with Crippen molar-refractivity contribution in [1.29, 1.82) is 0 Å². The highest BCUT2D eigenvalue weighted by atomic mass is 32.2. The standard InChI is InChI=1S/C28H51N9O11S2/c1-43-8-9-45-12-13-46-11-10-44-7-6-37-17-22(34-36-37)18-47-28(42)30-5-4-29-24(38)14-31-25(39)15-32-26(40)16-33-27(41)19-48-35-23(20-49-2)21-50-3/h17,34,36H,4-16,18-21H2,1-3H3,(H,29,38)(H,30,42)(H,31,39)(H,32,40)(H,33,41). The molecule has 1 aliphatic rings. The Labute approximate surface area is 300 Å². The van der Waals surface area contributed by atoms with Crippen LogP contribution in [0.15, 0.2) is 17.1 Å². The largest absolute Gasteiger partial charge is 0.443 e. The van der Waals surface area contributed by atoms with Crippen molar-refractivity contribution < 1.29 is 52.5 Å². The molecule has 7 N–H and O–H groups in total. The van der Waals surface area contributed by atoms with Gasteiger partial charge in [-0.2, -0.15) is 23.5 Å². The normalized spacial score (nSPS) is 11.9. The number of ether oxygens (including phenoxy) is 5. The van der Waals surface area contributed by atoms with E-state index in [-0.39, 0.29) is 39.4 Å². The molecule has 5 amide bonds. The minimum absolute atomic E-state index is 0.0149. The summed E-state index contributed by atoms with van der Waals surface area (Å²) in [4.78, 5) is 64.6. The number of rotatable bonds is 30. The first-order valence-electron chi connectivity index (χ1n) is 15.6. The summed E-state index contributed by atoms with van der Waals surface area (Å²) in [5, 5.41) is 17.7. The summed E-state index contributed by atoms with van der Waals surface area (Å²) in [5.41, 5.74) is 7.22. The number of amides is 5. The second-order valence-electron chi connectivity index (χ2n) is 9.89. The molecule has 20 nitrogen and oxygen atoms in total. The van der Waals surface area contributed by atoms with Crippen molar-refractivity contribution >= 4 is 59.0 Å². The zero-order valence-corrected chi connectivity index (χ0v) is 30.4. The molecule has 0 bridgehead atoms. The summed E-state index contributed by atoms with van der Waals surface area (Å²) < 4.78 is 26.3. The average Bonchev–Trinajstić information content (AvgIpc) is 3.56. The molecule has 0 unspecified atom stereocenters. The molecule has 0 saturated heterocycles. The van der Waals surface area contributed by atoms with E-state index in [4.69, 9.17) is 28.5 Å². The van der Waals surface area contributed by atoms with Crippen molar-refractivity contribution in [2.24, 2.45) is 5.16 Å². The lowest BCUT2D eigenvalue weighted by atomic mass is 10.4. The van der Waals surface area contributed by atoms with E-state index in [0.29, 0.717) is 70.0 Å². The number of hydrogen-bond donors (Lipinski definition) is 7. The zero-order valence-electron chi connectivity index (χ0n) is 28.8. The molecule has 1 aliphatic heterocycles. The minimum atomic E-state index is -0.680. The number of nitrogens with one attached hydrogen (secondary N) is 7. The van der Waals surface area contributed by atoms with Gasteiger partial charge in [0.25, 0.3) is 5.91 Å². The molecule has 0 fully saturated rings. The van der Waals surface area contributed by atoms with Gasteiger partial charge in [-0.1, -0.05) is 5.16 Å². The first-order chi connectivity index (χ1) is 24.3. The van der Waals surface area contributed by atoms with Crippen LogP contribution >= 0.6 is 23.5 Å². The lowest BCUT2D eigenvalue weighted by molar-refractivity contribution is -0.130. The Bertz CT molecular complexity index is 1070. The van der Waals surface area contributed by atoms with Crippen molar-refractivity contribution in [3.63, 3.8) is 0 Å². The Kier molecular flexibility index (Phi) is 27.0. The SMILES string of the molecule is COCCOCCOCCOCCN1C=C(COC(=O)NCCNC(=O)CNC(=O)CNC(=O)CNC(=O)CON=C(CSC)CSC)NN1. The summed E-state index contributed by atoms with van der Waals surface area (Å²) in [5.74, 6) is -0.880. The third-order valence-electron chi connectivity index (χ3n) is 5.75. The highest BCUT2D eigenvalue weighted by Gasteiger charge is 2.13. The van der Waals surface area contributed by atoms with Crippen molar-refractivity contribution in [2.75, 3.05) is 130 Å². The molecular weight excluding hydrogens is 702 g/mol. The highest BCUT2D eigenvalue weighted by Crippen LogP contribution is 2.02. The van der Waals surface area contributed by atoms with E-state index in [0.717, 1.165) is 5.71 Å². The molecule has 1 rings (SSSR count). The summed E-state index contributed by atoms with van der Waals surface area (Å²) in [6.45, 7) is 2.71. The molecule has 0 radical (unpaired) electrons. The molecular formula is C28H51N9O11S2. The number of alkyl carbamates (subject to hydrolysis) is 1. The summed E-state index contributed by atoms with van der Waals surface area (Å²) in [6.07, 6.45) is 4.93. The van der Waals surface area contributed by atoms with Gasteiger partial charge in [-0.05, 0) is 12.5 Å². The number of hydrazine groups is 2. The van der Waals surface area contributed by atoms with Crippen LogP contribution in [0.25, 0.3) is 0 Å². The molecule has 50 heavy (non-hydrogen) atoms. The van der Waals surface area contributed by atoms with Gasteiger partial charge in [-0.3, -0.25) is 24.2 Å². The van der Waals surface area contributed by atoms with Crippen LogP contribution in [0.5, 0.6) is 0 Å². The Morgan fingerprint density at radius 2 is 1.28 bits per heavy atom. The van der Waals surface area contributed by atoms with E-state index in [1.54, 1.807) is 41.8 Å². The van der Waals surface area contributed by atoms with E-state index in [2.05, 4.69) is 42.7 Å². The van der Waals surface area contributed by atoms with Gasteiger partial charge in [0.1, 0.15) is 6.61 Å². The highest BCUT2D eigenvalue weighted by molar-refractivity contribution is 8.00. The van der Waals surface area contributed by atoms with Crippen LogP contribution in [0.3, 0.4) is 0 Å². The molecule has 0 spiro atoms. The molecule has 0 aromatic heterocycles. The second-order valence-corrected chi connectivity index (χ2v) is 11.6. The maximum absolute atomic E-state index is 12.0. The third-order valence-corrected chi connectivity index (χ3v) is 6.99. The maximum atomic E-state index is 12.0. The average molecular weight is 754 g/mol. The fourth-order valence-corrected chi connectivity index (χ4v) is 4.49. The Morgan fingerprint density at radius 3 is 1.88 bits per heavy atom. The molecule has 22 heteroatoms. The molecule has 0 atom stereocenters. The first-order valence-corrected chi connectivity index (χ1v) is 18.4. The van der Waals surface area contributed by atoms with Crippen LogP contribution in [0.2, 0.25) is 0 Å². The predicted molar refractivity (Wildman–Crippen MR) is 187 cm³/mol. The van der Waals surface area contributed by atoms with Crippen LogP contribution in [0.4, 0.5) is 4.79 Å². The van der Waals surface area contributed by atoms with Crippen LogP contribution in [0, 0.1) is 0 Å². The quantitative estimate of drug-likeness (QED) is 0.0222. The molecule has 1 heterocycles. The van der Waals surface area contributed by atoms with Crippen LogP contribution in [0.1, 0.15) is 0 Å². The molecule has 0 aromatic rings. The molecule has 0 aromatic carbocycles. The van der Waals surface area contributed by atoms with Crippen LogP contribution in [-0.2, 0) is 47.7 Å². The van der Waals surface area contributed by atoms with Gasteiger partial charge >= 0.3 is 6.09 Å². The van der Waals surface area contributed by atoms with E-state index in [1.165, 1.54) is 0 Å². The minimum Gasteiger partial charge on any atom is -0.443 e. The van der Waals surface area contributed by atoms with E-state index >= 15 is 0 Å². The monoisotopic (exact) mass is 753 g/mol. The van der Waals surface area contributed by atoms with Gasteiger partial charge in [-0.15, -0.1) is 5.53 Å². The van der Waals surface area contributed by atoms with Crippen LogP contribution in [-0.4, -0.2) is 170 Å². The maximum Gasteiger partial charge on any atom is 0.407 e. The fourth-order valence-electron chi connectivity index (χ4n) is 3.38. The number of thioether (sulfide) groups is 2. The second kappa shape index (κ2) is 30.3. The summed E-state index contributed by atoms with van der Waals surface area (Å²) in [7, 11) is 1.62. The van der Waals surface area contributed by atoms with Crippen molar-refractivity contribution in [1.82, 2.24) is 42.6 Å². The smallest absolute Gasteiger partial charge is 0.407 e. The van der Waals surface area contributed by atoms with E-state index in [9.17, 15) is 24.0 Å². The summed E-state index contributed by atoms with van der Waals surface area (Å²) >= 11 is 3.17. The predicted octanol–water partition coefficient (Wildman–Crippen LogP) is -2.86. The number of methoxy groups -OCH3 is 1. The number of carbonyl (C=O) groups is 5. The Hall–Kier alpha value is -3.54. The number of hydrogen-bond acceptors (Lipinski definition) is 17. The third kappa shape index (κ3) is 25.4. The first kappa shape index (κ1) is 44.5. The van der Waals surface area contributed by atoms with Crippen molar-refractivity contribution in [3.8, 4) is 0 Å².